The molecule has 0 unspecified atom stereocenters. The van der Waals surface area contributed by atoms with Crippen LogP contribution in [-0.2, 0) is 6.42 Å². The molecule has 0 atom stereocenters. The lowest BCUT2D eigenvalue weighted by atomic mass is 9.94. The first-order chi connectivity index (χ1) is 15.5. The van der Waals surface area contributed by atoms with Gasteiger partial charge < -0.3 is 0 Å². The minimum atomic E-state index is 0.451. The number of benzene rings is 3. The number of nitrogens with zero attached hydrogens (tertiary/aromatic N) is 1. The first-order valence-corrected chi connectivity index (χ1v) is 12.3. The highest BCUT2D eigenvalue weighted by molar-refractivity contribution is 7.22. The molecule has 0 bridgehead atoms. The lowest BCUT2D eigenvalue weighted by Crippen LogP contribution is -1.95. The van der Waals surface area contributed by atoms with Gasteiger partial charge in [-0.1, -0.05) is 76.2 Å². The zero-order valence-corrected chi connectivity index (χ0v) is 20.0. The van der Waals surface area contributed by atoms with Crippen molar-refractivity contribution in [2.45, 2.75) is 40.0 Å². The Hall–Kier alpha value is -2.97. The number of rotatable bonds is 5. The van der Waals surface area contributed by atoms with Gasteiger partial charge in [0.05, 0.1) is 5.69 Å². The molecule has 2 aromatic heterocycles. The van der Waals surface area contributed by atoms with Crippen LogP contribution in [0.3, 0.4) is 0 Å². The van der Waals surface area contributed by atoms with Crippen LogP contribution in [0.25, 0.3) is 42.6 Å². The summed E-state index contributed by atoms with van der Waals surface area (Å²) in [6.07, 6.45) is 3.06. The zero-order chi connectivity index (χ0) is 22.2. The first kappa shape index (κ1) is 20.9. The highest BCUT2D eigenvalue weighted by atomic mass is 32.1. The van der Waals surface area contributed by atoms with Gasteiger partial charge >= 0.3 is 0 Å². The molecule has 0 aliphatic rings. The van der Waals surface area contributed by atoms with Gasteiger partial charge in [0, 0.05) is 26.7 Å². The van der Waals surface area contributed by atoms with Crippen molar-refractivity contribution in [3.8, 4) is 21.7 Å². The van der Waals surface area contributed by atoms with Gasteiger partial charge in [-0.25, -0.2) is 0 Å². The Kier molecular flexibility index (Phi) is 5.57. The number of hydrogen-bond acceptors (Lipinski definition) is 2. The van der Waals surface area contributed by atoms with E-state index in [1.807, 2.05) is 17.5 Å². The van der Waals surface area contributed by atoms with Crippen molar-refractivity contribution in [1.29, 1.82) is 0 Å². The van der Waals surface area contributed by atoms with E-state index in [2.05, 4.69) is 100 Å². The van der Waals surface area contributed by atoms with E-state index in [4.69, 9.17) is 4.98 Å². The maximum absolute atomic E-state index is 4.84. The summed E-state index contributed by atoms with van der Waals surface area (Å²) in [5.41, 5.74) is 6.37. The van der Waals surface area contributed by atoms with Crippen molar-refractivity contribution in [1.82, 2.24) is 4.98 Å². The van der Waals surface area contributed by atoms with E-state index in [0.717, 1.165) is 12.1 Å². The van der Waals surface area contributed by atoms with E-state index in [0.29, 0.717) is 11.8 Å². The van der Waals surface area contributed by atoms with Gasteiger partial charge in [0.2, 0.25) is 0 Å². The average Bonchev–Trinajstić information content (AvgIpc) is 3.22. The van der Waals surface area contributed by atoms with Crippen molar-refractivity contribution < 1.29 is 0 Å². The SMILES string of the molecule is CC(C)Cc1ccc2c(-c3cc(C(C)C)c4sc(-c5ccccc5)cc4c3)nccc2c1. The van der Waals surface area contributed by atoms with Crippen molar-refractivity contribution >= 4 is 32.2 Å². The van der Waals surface area contributed by atoms with E-state index in [1.54, 1.807) is 0 Å². The van der Waals surface area contributed by atoms with E-state index in [-0.39, 0.29) is 0 Å². The molecule has 5 aromatic rings. The summed E-state index contributed by atoms with van der Waals surface area (Å²) < 4.78 is 1.39. The van der Waals surface area contributed by atoms with Crippen molar-refractivity contribution in [3.63, 3.8) is 0 Å². The van der Waals surface area contributed by atoms with Gasteiger partial charge in [-0.05, 0) is 70.0 Å². The molecule has 0 aliphatic carbocycles. The van der Waals surface area contributed by atoms with Crippen LogP contribution in [0.5, 0.6) is 0 Å². The molecular formula is C30H29NS. The smallest absolute Gasteiger partial charge is 0.0780 e. The highest BCUT2D eigenvalue weighted by Crippen LogP contribution is 2.41. The lowest BCUT2D eigenvalue weighted by molar-refractivity contribution is 0.648. The highest BCUT2D eigenvalue weighted by Gasteiger charge is 2.15. The van der Waals surface area contributed by atoms with Crippen LogP contribution in [0.2, 0.25) is 0 Å². The molecule has 0 aliphatic heterocycles. The van der Waals surface area contributed by atoms with Crippen LogP contribution < -0.4 is 0 Å². The van der Waals surface area contributed by atoms with Gasteiger partial charge in [-0.3, -0.25) is 4.98 Å². The lowest BCUT2D eigenvalue weighted by Gasteiger charge is -2.13. The summed E-state index contributed by atoms with van der Waals surface area (Å²) in [4.78, 5) is 6.17. The Morgan fingerprint density at radius 2 is 1.59 bits per heavy atom. The number of fused-ring (bicyclic) bond motifs is 2. The Balaban J connectivity index is 1.68. The average molecular weight is 436 g/mol. The van der Waals surface area contributed by atoms with Gasteiger partial charge in [-0.15, -0.1) is 11.3 Å². The summed E-state index contributed by atoms with van der Waals surface area (Å²) in [5.74, 6) is 1.11. The number of pyridine rings is 1. The van der Waals surface area contributed by atoms with E-state index in [9.17, 15) is 0 Å². The van der Waals surface area contributed by atoms with Crippen LogP contribution in [0.4, 0.5) is 0 Å². The molecule has 2 heterocycles. The minimum Gasteiger partial charge on any atom is -0.256 e. The predicted molar refractivity (Wildman–Crippen MR) is 141 cm³/mol. The standard InChI is InChI=1S/C30H29NS/c1-19(2)14-21-10-11-26-23(15-21)12-13-31-29(26)24-16-25-18-28(22-8-6-5-7-9-22)32-30(25)27(17-24)20(3)4/h5-13,15-20H,14H2,1-4H3. The monoisotopic (exact) mass is 435 g/mol. The Morgan fingerprint density at radius 3 is 2.34 bits per heavy atom. The first-order valence-electron chi connectivity index (χ1n) is 11.5. The van der Waals surface area contributed by atoms with Gasteiger partial charge in [-0.2, -0.15) is 0 Å². The van der Waals surface area contributed by atoms with Crippen LogP contribution in [0, 0.1) is 5.92 Å². The molecular weight excluding hydrogens is 406 g/mol. The summed E-state index contributed by atoms with van der Waals surface area (Å²) in [6.45, 7) is 9.12. The molecule has 0 spiro atoms. The third-order valence-corrected chi connectivity index (χ3v) is 7.32. The number of hydrogen-bond donors (Lipinski definition) is 0. The summed E-state index contributed by atoms with van der Waals surface area (Å²) in [7, 11) is 0. The Morgan fingerprint density at radius 1 is 0.781 bits per heavy atom. The molecule has 2 heteroatoms. The van der Waals surface area contributed by atoms with Gasteiger partial charge in [0.1, 0.15) is 0 Å². The van der Waals surface area contributed by atoms with Crippen molar-refractivity contribution in [3.05, 3.63) is 90.1 Å². The fraction of sp³-hybridized carbons (Fsp3) is 0.233. The fourth-order valence-electron chi connectivity index (χ4n) is 4.55. The molecule has 160 valence electrons. The second-order valence-electron chi connectivity index (χ2n) is 9.43. The summed E-state index contributed by atoms with van der Waals surface area (Å²) >= 11 is 1.90. The molecule has 0 N–H and O–H groups in total. The largest absolute Gasteiger partial charge is 0.256 e. The van der Waals surface area contributed by atoms with Gasteiger partial charge in [0.25, 0.3) is 0 Å². The van der Waals surface area contributed by atoms with E-state index < -0.39 is 0 Å². The van der Waals surface area contributed by atoms with E-state index in [1.165, 1.54) is 48.0 Å². The molecule has 5 rings (SSSR count). The maximum Gasteiger partial charge on any atom is 0.0780 e. The van der Waals surface area contributed by atoms with Crippen LogP contribution in [0.1, 0.15) is 44.7 Å². The van der Waals surface area contributed by atoms with Crippen molar-refractivity contribution in [2.75, 3.05) is 0 Å². The molecule has 32 heavy (non-hydrogen) atoms. The maximum atomic E-state index is 4.84. The zero-order valence-electron chi connectivity index (χ0n) is 19.2. The number of aromatic nitrogens is 1. The quantitative estimate of drug-likeness (QED) is 0.268. The third-order valence-electron chi connectivity index (χ3n) is 6.07. The molecule has 0 saturated carbocycles. The summed E-state index contributed by atoms with van der Waals surface area (Å²) in [5, 5.41) is 3.81. The van der Waals surface area contributed by atoms with Gasteiger partial charge in [0.15, 0.2) is 0 Å². The molecule has 0 radical (unpaired) electrons. The molecule has 0 fully saturated rings. The molecule has 3 aromatic carbocycles. The fourth-order valence-corrected chi connectivity index (χ4v) is 5.85. The normalized spacial score (nSPS) is 11.8. The molecule has 1 nitrogen and oxygen atoms in total. The minimum absolute atomic E-state index is 0.451. The number of thiophene rings is 1. The summed E-state index contributed by atoms with van der Waals surface area (Å²) in [6, 6.07) is 26.7. The van der Waals surface area contributed by atoms with Crippen molar-refractivity contribution in [2.24, 2.45) is 5.92 Å². The molecule has 0 saturated heterocycles. The van der Waals surface area contributed by atoms with Crippen LogP contribution >= 0.6 is 11.3 Å². The van der Waals surface area contributed by atoms with Crippen LogP contribution in [0.15, 0.2) is 79.0 Å². The second-order valence-corrected chi connectivity index (χ2v) is 10.5. The van der Waals surface area contributed by atoms with Crippen LogP contribution in [-0.4, -0.2) is 4.98 Å². The van der Waals surface area contributed by atoms with E-state index >= 15 is 0 Å². The topological polar surface area (TPSA) is 12.9 Å². The second kappa shape index (κ2) is 8.52. The Bertz CT molecular complexity index is 1390. The predicted octanol–water partition coefficient (Wildman–Crippen LogP) is 9.11. The Labute approximate surface area is 194 Å². The molecule has 0 amide bonds. The third kappa shape index (κ3) is 3.96.